The smallest absolute Gasteiger partial charge is 0.233 e. The van der Waals surface area contributed by atoms with E-state index in [9.17, 15) is 19.5 Å². The van der Waals surface area contributed by atoms with Crippen LogP contribution in [0.5, 0.6) is 5.75 Å². The first-order chi connectivity index (χ1) is 12.1. The van der Waals surface area contributed by atoms with E-state index in [0.29, 0.717) is 0 Å². The largest absolute Gasteiger partial charge is 0.504 e. The lowest BCUT2D eigenvalue weighted by Gasteiger charge is -2.38. The summed E-state index contributed by atoms with van der Waals surface area (Å²) >= 11 is 0. The fourth-order valence-corrected chi connectivity index (χ4v) is 4.26. The van der Waals surface area contributed by atoms with E-state index >= 15 is 0 Å². The first kappa shape index (κ1) is 15.8. The number of aromatic hydroxyl groups is 1. The number of nitrogens with zero attached hydrogens (tertiary/aromatic N) is 2. The Bertz CT molecular complexity index is 743. The summed E-state index contributed by atoms with van der Waals surface area (Å²) in [5.74, 6) is -0.958. The quantitative estimate of drug-likeness (QED) is 0.635. The number of anilines is 1. The van der Waals surface area contributed by atoms with Gasteiger partial charge in [0.15, 0.2) is 11.6 Å². The number of likely N-dealkylation sites (tertiary alicyclic amines) is 1. The second-order valence-corrected chi connectivity index (χ2v) is 6.84. The Labute approximate surface area is 144 Å². The molecule has 25 heavy (non-hydrogen) atoms. The number of rotatable bonds is 4. The fourth-order valence-electron chi connectivity index (χ4n) is 4.26. The number of aromatic nitrogens is 1. The molecule has 3 aliphatic carbocycles. The molecular formula is C18H19N3O4. The third kappa shape index (κ3) is 2.59. The van der Waals surface area contributed by atoms with E-state index < -0.39 is 5.91 Å². The minimum absolute atomic E-state index is 0.0182. The zero-order valence-electron chi connectivity index (χ0n) is 13.6. The van der Waals surface area contributed by atoms with Crippen LogP contribution in [0.4, 0.5) is 5.82 Å². The number of imide groups is 1. The van der Waals surface area contributed by atoms with E-state index in [1.165, 1.54) is 17.2 Å². The maximum Gasteiger partial charge on any atom is 0.233 e. The van der Waals surface area contributed by atoms with Crippen molar-refractivity contribution in [3.8, 4) is 5.75 Å². The molecule has 0 radical (unpaired) electrons. The van der Waals surface area contributed by atoms with Crippen LogP contribution in [0.2, 0.25) is 0 Å². The summed E-state index contributed by atoms with van der Waals surface area (Å²) in [6, 6.07) is 2.97. The van der Waals surface area contributed by atoms with Crippen LogP contribution in [0.1, 0.15) is 19.3 Å². The molecule has 2 bridgehead atoms. The van der Waals surface area contributed by atoms with E-state index in [-0.39, 0.29) is 60.0 Å². The molecule has 4 aliphatic rings. The highest BCUT2D eigenvalue weighted by Crippen LogP contribution is 2.49. The van der Waals surface area contributed by atoms with Crippen molar-refractivity contribution in [1.82, 2.24) is 9.88 Å². The molecule has 1 aromatic rings. The van der Waals surface area contributed by atoms with Gasteiger partial charge in [-0.3, -0.25) is 19.3 Å². The van der Waals surface area contributed by atoms with Crippen molar-refractivity contribution in [2.45, 2.75) is 19.3 Å². The molecule has 1 saturated carbocycles. The van der Waals surface area contributed by atoms with Gasteiger partial charge in [-0.25, -0.2) is 4.98 Å². The number of hydrogen-bond acceptors (Lipinski definition) is 5. The van der Waals surface area contributed by atoms with E-state index in [0.717, 1.165) is 12.8 Å². The predicted octanol–water partition coefficient (Wildman–Crippen LogP) is 1.31. The molecular weight excluding hydrogens is 322 g/mol. The Morgan fingerprint density at radius 1 is 1.20 bits per heavy atom. The van der Waals surface area contributed by atoms with Crippen LogP contribution in [-0.4, -0.2) is 39.3 Å². The molecule has 2 N–H and O–H groups in total. The van der Waals surface area contributed by atoms with Gasteiger partial charge in [0.05, 0.1) is 11.8 Å². The molecule has 7 heteroatoms. The fraction of sp³-hybridized carbons (Fsp3) is 0.444. The SMILES string of the molecule is O=C(CCN1C(=O)[C@@H]2[C@@H](C1=O)[C@H]1C=C[C@H]2CC1)Nc1ncccc1O. The molecule has 0 unspecified atom stereocenters. The number of nitrogens with one attached hydrogen (secondary N) is 1. The predicted molar refractivity (Wildman–Crippen MR) is 88.2 cm³/mol. The molecule has 1 aliphatic heterocycles. The molecule has 1 aromatic heterocycles. The summed E-state index contributed by atoms with van der Waals surface area (Å²) in [4.78, 5) is 42.5. The molecule has 2 heterocycles. The van der Waals surface area contributed by atoms with Gasteiger partial charge in [0.25, 0.3) is 0 Å². The number of allylic oxidation sites excluding steroid dienone is 2. The number of amides is 3. The Morgan fingerprint density at radius 2 is 1.84 bits per heavy atom. The Kier molecular flexibility index (Phi) is 3.78. The lowest BCUT2D eigenvalue weighted by molar-refractivity contribution is -0.140. The molecule has 0 aromatic carbocycles. The van der Waals surface area contributed by atoms with Gasteiger partial charge in [-0.15, -0.1) is 0 Å². The van der Waals surface area contributed by atoms with Crippen molar-refractivity contribution in [1.29, 1.82) is 0 Å². The molecule has 2 fully saturated rings. The van der Waals surface area contributed by atoms with Gasteiger partial charge in [-0.05, 0) is 36.8 Å². The van der Waals surface area contributed by atoms with Gasteiger partial charge in [0.1, 0.15) is 0 Å². The van der Waals surface area contributed by atoms with E-state index in [1.54, 1.807) is 6.07 Å². The summed E-state index contributed by atoms with van der Waals surface area (Å²) in [5, 5.41) is 12.1. The highest BCUT2D eigenvalue weighted by atomic mass is 16.3. The van der Waals surface area contributed by atoms with Gasteiger partial charge < -0.3 is 10.4 Å². The summed E-state index contributed by atoms with van der Waals surface area (Å²) in [6.45, 7) is 0.0591. The van der Waals surface area contributed by atoms with Crippen molar-refractivity contribution in [3.63, 3.8) is 0 Å². The standard InChI is InChI=1S/C18H19N3O4/c22-12-2-1-8-19-16(12)20-13(23)7-9-21-17(24)14-10-3-4-11(6-5-10)15(14)18(21)25/h1-4,8,10-11,14-15,22H,5-7,9H2,(H,19,20,23)/t10-,11-,14-,15-/m0/s1. The lowest BCUT2D eigenvalue weighted by atomic mass is 9.63. The van der Waals surface area contributed by atoms with Gasteiger partial charge in [-0.1, -0.05) is 12.2 Å². The minimum atomic E-state index is -0.398. The second kappa shape index (κ2) is 5.98. The van der Waals surface area contributed by atoms with Crippen LogP contribution in [0.15, 0.2) is 30.5 Å². The maximum absolute atomic E-state index is 12.7. The van der Waals surface area contributed by atoms with Crippen LogP contribution in [-0.2, 0) is 14.4 Å². The first-order valence-corrected chi connectivity index (χ1v) is 8.53. The van der Waals surface area contributed by atoms with E-state index in [4.69, 9.17) is 0 Å². The van der Waals surface area contributed by atoms with Crippen molar-refractivity contribution in [3.05, 3.63) is 30.5 Å². The van der Waals surface area contributed by atoms with Crippen LogP contribution in [0.25, 0.3) is 0 Å². The summed E-state index contributed by atoms with van der Waals surface area (Å²) in [6.07, 6.45) is 7.48. The van der Waals surface area contributed by atoms with E-state index in [2.05, 4.69) is 22.5 Å². The normalized spacial score (nSPS) is 29.8. The van der Waals surface area contributed by atoms with Crippen LogP contribution in [0.3, 0.4) is 0 Å². The molecule has 0 spiro atoms. The van der Waals surface area contributed by atoms with Crippen LogP contribution in [0, 0.1) is 23.7 Å². The van der Waals surface area contributed by atoms with Gasteiger partial charge in [0.2, 0.25) is 17.7 Å². The van der Waals surface area contributed by atoms with Crippen molar-refractivity contribution in [2.24, 2.45) is 23.7 Å². The van der Waals surface area contributed by atoms with E-state index in [1.807, 2.05) is 0 Å². The average molecular weight is 341 g/mol. The summed E-state index contributed by atoms with van der Waals surface area (Å²) in [7, 11) is 0. The zero-order chi connectivity index (χ0) is 17.6. The third-order valence-corrected chi connectivity index (χ3v) is 5.46. The molecule has 130 valence electrons. The number of carbonyl (C=O) groups excluding carboxylic acids is 3. The van der Waals surface area contributed by atoms with Crippen molar-refractivity contribution < 1.29 is 19.5 Å². The molecule has 5 rings (SSSR count). The highest BCUT2D eigenvalue weighted by Gasteiger charge is 2.56. The lowest BCUT2D eigenvalue weighted by Crippen LogP contribution is -2.38. The van der Waals surface area contributed by atoms with Crippen molar-refractivity contribution >= 4 is 23.5 Å². The first-order valence-electron chi connectivity index (χ1n) is 8.53. The van der Waals surface area contributed by atoms with Gasteiger partial charge >= 0.3 is 0 Å². The average Bonchev–Trinajstić information content (AvgIpc) is 2.89. The van der Waals surface area contributed by atoms with Crippen LogP contribution >= 0.6 is 0 Å². The molecule has 1 saturated heterocycles. The molecule has 7 nitrogen and oxygen atoms in total. The zero-order valence-corrected chi connectivity index (χ0v) is 13.6. The van der Waals surface area contributed by atoms with Gasteiger partial charge in [-0.2, -0.15) is 0 Å². The maximum atomic E-state index is 12.7. The second-order valence-electron chi connectivity index (χ2n) is 6.84. The van der Waals surface area contributed by atoms with Crippen molar-refractivity contribution in [2.75, 3.05) is 11.9 Å². The van der Waals surface area contributed by atoms with Crippen LogP contribution < -0.4 is 5.32 Å². The number of pyridine rings is 1. The monoisotopic (exact) mass is 341 g/mol. The Morgan fingerprint density at radius 3 is 2.40 bits per heavy atom. The highest BCUT2D eigenvalue weighted by molar-refractivity contribution is 6.06. The number of carbonyl (C=O) groups is 3. The third-order valence-electron chi connectivity index (χ3n) is 5.46. The molecule has 4 atom stereocenters. The number of hydrogen-bond donors (Lipinski definition) is 2. The van der Waals surface area contributed by atoms with Gasteiger partial charge in [0, 0.05) is 19.2 Å². The molecule has 3 amide bonds. The summed E-state index contributed by atoms with van der Waals surface area (Å²) in [5.41, 5.74) is 0. The summed E-state index contributed by atoms with van der Waals surface area (Å²) < 4.78 is 0. The Hall–Kier alpha value is -2.70. The minimum Gasteiger partial charge on any atom is -0.504 e. The topological polar surface area (TPSA) is 99.6 Å². The Balaban J connectivity index is 1.40. The number of fused-ring (bicyclic) bond motifs is 1.